The molecule has 18 heavy (non-hydrogen) atoms. The van der Waals surface area contributed by atoms with Crippen molar-refractivity contribution >= 4 is 0 Å². The summed E-state index contributed by atoms with van der Waals surface area (Å²) in [6.45, 7) is 7.16. The molecule has 0 bridgehead atoms. The van der Waals surface area contributed by atoms with Gasteiger partial charge >= 0.3 is 0 Å². The second-order valence-electron chi connectivity index (χ2n) is 5.39. The second-order valence-corrected chi connectivity index (χ2v) is 5.39. The van der Waals surface area contributed by atoms with E-state index in [9.17, 15) is 0 Å². The number of methoxy groups -OCH3 is 1. The van der Waals surface area contributed by atoms with Crippen molar-refractivity contribution in [3.05, 3.63) is 23.3 Å². The fraction of sp³-hybridized carbons (Fsp3) is 0.714. The monoisotopic (exact) mass is 249 g/mol. The van der Waals surface area contributed by atoms with E-state index in [1.54, 1.807) is 7.11 Å². The van der Waals surface area contributed by atoms with Crippen molar-refractivity contribution < 1.29 is 4.74 Å². The molecule has 1 N–H and O–H groups in total. The minimum absolute atomic E-state index is 0.0193. The molecule has 1 aliphatic carbocycles. The molecule has 0 saturated heterocycles. The Hall–Kier alpha value is -1.00. The standard InChI is InChI=1S/C14H23N3O/c1-9(2)13(18-4)14-16-8-11(10(3)17-14)7-15-12-5-6-12/h8-9,12-13,15H,5-7H2,1-4H3. The number of aryl methyl sites for hydroxylation is 1. The van der Waals surface area contributed by atoms with Crippen molar-refractivity contribution in [3.8, 4) is 0 Å². The summed E-state index contributed by atoms with van der Waals surface area (Å²) < 4.78 is 5.46. The van der Waals surface area contributed by atoms with Crippen molar-refractivity contribution in [2.45, 2.75) is 52.3 Å². The van der Waals surface area contributed by atoms with E-state index in [1.165, 1.54) is 18.4 Å². The first-order chi connectivity index (χ1) is 8.61. The van der Waals surface area contributed by atoms with E-state index >= 15 is 0 Å². The van der Waals surface area contributed by atoms with Gasteiger partial charge < -0.3 is 10.1 Å². The minimum atomic E-state index is -0.0193. The number of nitrogens with zero attached hydrogens (tertiary/aromatic N) is 2. The summed E-state index contributed by atoms with van der Waals surface area (Å²) in [5.41, 5.74) is 2.24. The highest BCUT2D eigenvalue weighted by Crippen LogP contribution is 2.23. The van der Waals surface area contributed by atoms with Crippen molar-refractivity contribution in [1.29, 1.82) is 0 Å². The van der Waals surface area contributed by atoms with Crippen LogP contribution in [0.2, 0.25) is 0 Å². The molecule has 1 unspecified atom stereocenters. The molecule has 1 aromatic rings. The predicted octanol–water partition coefficient (Wildman–Crippen LogP) is 2.38. The molecule has 1 fully saturated rings. The molecule has 0 amide bonds. The van der Waals surface area contributed by atoms with Gasteiger partial charge in [-0.1, -0.05) is 13.8 Å². The van der Waals surface area contributed by atoms with Crippen molar-refractivity contribution in [1.82, 2.24) is 15.3 Å². The number of rotatable bonds is 6. The summed E-state index contributed by atoms with van der Waals surface area (Å²) in [6, 6.07) is 0.714. The molecule has 1 heterocycles. The van der Waals surface area contributed by atoms with Gasteiger partial charge in [0.05, 0.1) is 0 Å². The van der Waals surface area contributed by atoms with Gasteiger partial charge in [0.1, 0.15) is 6.10 Å². The quantitative estimate of drug-likeness (QED) is 0.841. The van der Waals surface area contributed by atoms with Crippen LogP contribution >= 0.6 is 0 Å². The summed E-state index contributed by atoms with van der Waals surface area (Å²) in [4.78, 5) is 9.04. The van der Waals surface area contributed by atoms with Gasteiger partial charge in [0, 0.05) is 37.2 Å². The Labute approximate surface area is 109 Å². The maximum atomic E-state index is 5.46. The van der Waals surface area contributed by atoms with Crippen molar-refractivity contribution in [2.75, 3.05) is 7.11 Å². The lowest BCUT2D eigenvalue weighted by molar-refractivity contribution is 0.0572. The Morgan fingerprint density at radius 2 is 2.17 bits per heavy atom. The van der Waals surface area contributed by atoms with Gasteiger partial charge in [0.2, 0.25) is 0 Å². The Morgan fingerprint density at radius 1 is 1.44 bits per heavy atom. The zero-order valence-electron chi connectivity index (χ0n) is 11.7. The molecular formula is C14H23N3O. The van der Waals surface area contributed by atoms with Crippen LogP contribution in [-0.2, 0) is 11.3 Å². The summed E-state index contributed by atoms with van der Waals surface area (Å²) in [5.74, 6) is 1.17. The third-order valence-corrected chi connectivity index (χ3v) is 3.37. The first kappa shape index (κ1) is 13.4. The number of aromatic nitrogens is 2. The second kappa shape index (κ2) is 5.76. The molecule has 1 atom stereocenters. The molecule has 0 radical (unpaired) electrons. The van der Waals surface area contributed by atoms with Crippen LogP contribution in [0.3, 0.4) is 0 Å². The lowest BCUT2D eigenvalue weighted by Gasteiger charge is -2.18. The van der Waals surface area contributed by atoms with Gasteiger partial charge in [0.25, 0.3) is 0 Å². The van der Waals surface area contributed by atoms with Crippen LogP contribution in [-0.4, -0.2) is 23.1 Å². The fourth-order valence-corrected chi connectivity index (χ4v) is 2.04. The first-order valence-corrected chi connectivity index (χ1v) is 6.70. The molecule has 1 aromatic heterocycles. The van der Waals surface area contributed by atoms with Gasteiger partial charge in [0.15, 0.2) is 5.82 Å². The van der Waals surface area contributed by atoms with Gasteiger partial charge in [-0.3, -0.25) is 0 Å². The summed E-state index contributed by atoms with van der Waals surface area (Å²) in [7, 11) is 1.71. The third-order valence-electron chi connectivity index (χ3n) is 3.37. The smallest absolute Gasteiger partial charge is 0.157 e. The summed E-state index contributed by atoms with van der Waals surface area (Å²) >= 11 is 0. The highest BCUT2D eigenvalue weighted by atomic mass is 16.5. The Bertz CT molecular complexity index is 402. The van der Waals surface area contributed by atoms with Gasteiger partial charge in [-0.05, 0) is 25.7 Å². The minimum Gasteiger partial charge on any atom is -0.373 e. The average Bonchev–Trinajstić information content (AvgIpc) is 3.12. The van der Waals surface area contributed by atoms with Crippen LogP contribution in [0.4, 0.5) is 0 Å². The fourth-order valence-electron chi connectivity index (χ4n) is 2.04. The number of nitrogens with one attached hydrogen (secondary N) is 1. The lowest BCUT2D eigenvalue weighted by Crippen LogP contribution is -2.18. The third kappa shape index (κ3) is 3.27. The number of hydrogen-bond acceptors (Lipinski definition) is 4. The van der Waals surface area contributed by atoms with Crippen LogP contribution in [0.25, 0.3) is 0 Å². The zero-order chi connectivity index (χ0) is 13.1. The highest BCUT2D eigenvalue weighted by molar-refractivity contribution is 5.17. The molecule has 4 nitrogen and oxygen atoms in total. The molecule has 1 saturated carbocycles. The van der Waals surface area contributed by atoms with E-state index in [1.807, 2.05) is 13.1 Å². The Kier molecular flexibility index (Phi) is 4.30. The van der Waals surface area contributed by atoms with E-state index in [0.717, 1.165) is 18.1 Å². The van der Waals surface area contributed by atoms with Crippen LogP contribution in [0, 0.1) is 12.8 Å². The molecule has 0 aromatic carbocycles. The SMILES string of the molecule is COC(c1ncc(CNC2CC2)c(C)n1)C(C)C. The molecular weight excluding hydrogens is 226 g/mol. The van der Waals surface area contributed by atoms with Crippen molar-refractivity contribution in [2.24, 2.45) is 5.92 Å². The molecule has 2 rings (SSSR count). The zero-order valence-corrected chi connectivity index (χ0v) is 11.7. The topological polar surface area (TPSA) is 47.0 Å². The van der Waals surface area contributed by atoms with Crippen molar-refractivity contribution in [3.63, 3.8) is 0 Å². The Balaban J connectivity index is 2.07. The highest BCUT2D eigenvalue weighted by Gasteiger charge is 2.21. The van der Waals surface area contributed by atoms with E-state index in [-0.39, 0.29) is 6.10 Å². The molecule has 0 aliphatic heterocycles. The van der Waals surface area contributed by atoms with Gasteiger partial charge in [-0.25, -0.2) is 9.97 Å². The van der Waals surface area contributed by atoms with Crippen LogP contribution in [0.15, 0.2) is 6.20 Å². The summed E-state index contributed by atoms with van der Waals surface area (Å²) in [5, 5.41) is 3.49. The molecule has 100 valence electrons. The van der Waals surface area contributed by atoms with Gasteiger partial charge in [-0.15, -0.1) is 0 Å². The molecule has 1 aliphatic rings. The molecule has 0 spiro atoms. The first-order valence-electron chi connectivity index (χ1n) is 6.70. The molecule has 4 heteroatoms. The predicted molar refractivity (Wildman–Crippen MR) is 71.2 cm³/mol. The number of ether oxygens (including phenoxy) is 1. The maximum absolute atomic E-state index is 5.46. The summed E-state index contributed by atoms with van der Waals surface area (Å²) in [6.07, 6.45) is 4.52. The van der Waals surface area contributed by atoms with E-state index in [4.69, 9.17) is 4.74 Å². The number of hydrogen-bond donors (Lipinski definition) is 1. The van der Waals surface area contributed by atoms with E-state index in [2.05, 4.69) is 29.1 Å². The Morgan fingerprint density at radius 3 is 2.67 bits per heavy atom. The van der Waals surface area contributed by atoms with Gasteiger partial charge in [-0.2, -0.15) is 0 Å². The normalized spacial score (nSPS) is 17.2. The lowest BCUT2D eigenvalue weighted by atomic mass is 10.1. The van der Waals surface area contributed by atoms with E-state index in [0.29, 0.717) is 12.0 Å². The maximum Gasteiger partial charge on any atom is 0.157 e. The largest absolute Gasteiger partial charge is 0.373 e. The van der Waals surface area contributed by atoms with E-state index < -0.39 is 0 Å². The van der Waals surface area contributed by atoms with Crippen LogP contribution in [0.1, 0.15) is 49.9 Å². The average molecular weight is 249 g/mol. The van der Waals surface area contributed by atoms with Crippen LogP contribution in [0.5, 0.6) is 0 Å². The van der Waals surface area contributed by atoms with Crippen LogP contribution < -0.4 is 5.32 Å².